The standard InChI is InChI=1S/C18H27N3.HI/c1-19-18(21-16-10-3-4-11-16)20-13-15-9-6-8-14-7-2-5-12-17(14)15;/h2,5,7,12,15-16H,3-4,6,8-11,13H2,1H3,(H2,19,20,21);1H. The van der Waals surface area contributed by atoms with Gasteiger partial charge in [-0.25, -0.2) is 0 Å². The fraction of sp³-hybridized carbons (Fsp3) is 0.611. The van der Waals surface area contributed by atoms with Crippen LogP contribution in [0, 0.1) is 0 Å². The van der Waals surface area contributed by atoms with Crippen LogP contribution in [0.1, 0.15) is 55.6 Å². The molecule has 0 spiro atoms. The van der Waals surface area contributed by atoms with Gasteiger partial charge in [0.05, 0.1) is 0 Å². The van der Waals surface area contributed by atoms with Gasteiger partial charge >= 0.3 is 0 Å². The number of aryl methyl sites for hydroxylation is 1. The smallest absolute Gasteiger partial charge is 0.191 e. The summed E-state index contributed by atoms with van der Waals surface area (Å²) in [5, 5.41) is 7.11. The van der Waals surface area contributed by atoms with Crippen LogP contribution >= 0.6 is 24.0 Å². The van der Waals surface area contributed by atoms with Crippen molar-refractivity contribution in [1.29, 1.82) is 0 Å². The third-order valence-electron chi connectivity index (χ3n) is 4.93. The molecule has 1 aromatic carbocycles. The van der Waals surface area contributed by atoms with Gasteiger partial charge in [-0.2, -0.15) is 0 Å². The number of hydrogen-bond acceptors (Lipinski definition) is 1. The number of aliphatic imine (C=N–C) groups is 1. The van der Waals surface area contributed by atoms with E-state index in [1.165, 1.54) is 56.1 Å². The van der Waals surface area contributed by atoms with Crippen LogP contribution in [0.4, 0.5) is 0 Å². The Bertz CT molecular complexity index is 495. The van der Waals surface area contributed by atoms with Crippen LogP contribution in [0.15, 0.2) is 29.3 Å². The van der Waals surface area contributed by atoms with Crippen molar-refractivity contribution >= 4 is 29.9 Å². The molecule has 3 nitrogen and oxygen atoms in total. The molecule has 0 radical (unpaired) electrons. The van der Waals surface area contributed by atoms with E-state index in [2.05, 4.69) is 39.9 Å². The third-order valence-corrected chi connectivity index (χ3v) is 4.93. The fourth-order valence-electron chi connectivity index (χ4n) is 3.74. The Balaban J connectivity index is 0.00000176. The molecule has 3 rings (SSSR count). The monoisotopic (exact) mass is 413 g/mol. The van der Waals surface area contributed by atoms with E-state index in [0.717, 1.165) is 12.5 Å². The lowest BCUT2D eigenvalue weighted by molar-refractivity contribution is 0.533. The first-order chi connectivity index (χ1) is 10.4. The minimum absolute atomic E-state index is 0. The van der Waals surface area contributed by atoms with Gasteiger partial charge in [0.25, 0.3) is 0 Å². The zero-order chi connectivity index (χ0) is 14.5. The molecule has 1 unspecified atom stereocenters. The fourth-order valence-corrected chi connectivity index (χ4v) is 3.74. The molecule has 1 fully saturated rings. The third kappa shape index (κ3) is 4.37. The summed E-state index contributed by atoms with van der Waals surface area (Å²) in [5.41, 5.74) is 3.07. The van der Waals surface area contributed by atoms with Crippen LogP contribution in [-0.4, -0.2) is 25.6 Å². The van der Waals surface area contributed by atoms with Crippen molar-refractivity contribution in [3.05, 3.63) is 35.4 Å². The van der Waals surface area contributed by atoms with Gasteiger partial charge in [0.15, 0.2) is 5.96 Å². The van der Waals surface area contributed by atoms with Crippen LogP contribution in [0.2, 0.25) is 0 Å². The Labute approximate surface area is 151 Å². The maximum atomic E-state index is 4.39. The van der Waals surface area contributed by atoms with Gasteiger partial charge in [-0.1, -0.05) is 37.1 Å². The molecule has 4 heteroatoms. The van der Waals surface area contributed by atoms with Crippen LogP contribution in [-0.2, 0) is 6.42 Å². The lowest BCUT2D eigenvalue weighted by Gasteiger charge is -2.27. The zero-order valence-electron chi connectivity index (χ0n) is 13.5. The van der Waals surface area contributed by atoms with Crippen molar-refractivity contribution in [2.75, 3.05) is 13.6 Å². The topological polar surface area (TPSA) is 36.4 Å². The summed E-state index contributed by atoms with van der Waals surface area (Å²) in [6.45, 7) is 0.989. The minimum Gasteiger partial charge on any atom is -0.356 e. The second-order valence-corrected chi connectivity index (χ2v) is 6.37. The molecule has 1 saturated carbocycles. The number of hydrogen-bond donors (Lipinski definition) is 2. The summed E-state index contributed by atoms with van der Waals surface area (Å²) in [6, 6.07) is 9.54. The van der Waals surface area contributed by atoms with Crippen LogP contribution in [0.25, 0.3) is 0 Å². The van der Waals surface area contributed by atoms with E-state index in [1.54, 1.807) is 0 Å². The van der Waals surface area contributed by atoms with E-state index in [0.29, 0.717) is 12.0 Å². The van der Waals surface area contributed by atoms with Gasteiger partial charge in [-0.05, 0) is 43.2 Å². The van der Waals surface area contributed by atoms with Gasteiger partial charge in [0.1, 0.15) is 0 Å². The molecule has 0 aliphatic heterocycles. The minimum atomic E-state index is 0. The summed E-state index contributed by atoms with van der Waals surface area (Å²) in [4.78, 5) is 4.39. The SMILES string of the molecule is CN=C(NCC1CCCc2ccccc21)NC1CCCC1.I. The predicted octanol–water partition coefficient (Wildman–Crippen LogP) is 3.83. The molecule has 2 aliphatic rings. The van der Waals surface area contributed by atoms with Crippen molar-refractivity contribution in [2.45, 2.75) is 56.9 Å². The molecule has 2 N–H and O–H groups in total. The summed E-state index contributed by atoms with van der Waals surface area (Å²) in [5.74, 6) is 1.60. The van der Waals surface area contributed by atoms with Crippen LogP contribution < -0.4 is 10.6 Å². The Morgan fingerprint density at radius 1 is 1.14 bits per heavy atom. The maximum absolute atomic E-state index is 4.39. The Hall–Kier alpha value is -0.780. The van der Waals surface area contributed by atoms with Gasteiger partial charge in [0, 0.05) is 25.6 Å². The number of nitrogens with zero attached hydrogens (tertiary/aromatic N) is 1. The predicted molar refractivity (Wildman–Crippen MR) is 104 cm³/mol. The molecule has 22 heavy (non-hydrogen) atoms. The summed E-state index contributed by atoms with van der Waals surface area (Å²) in [7, 11) is 1.87. The number of fused-ring (bicyclic) bond motifs is 1. The first kappa shape index (κ1) is 17.6. The lowest BCUT2D eigenvalue weighted by atomic mass is 9.83. The second-order valence-electron chi connectivity index (χ2n) is 6.37. The number of nitrogens with one attached hydrogen (secondary N) is 2. The molecular weight excluding hydrogens is 385 g/mol. The number of rotatable bonds is 3. The van der Waals surface area contributed by atoms with Crippen LogP contribution in [0.3, 0.4) is 0 Å². The summed E-state index contributed by atoms with van der Waals surface area (Å²) in [6.07, 6.45) is 9.10. The summed E-state index contributed by atoms with van der Waals surface area (Å²) >= 11 is 0. The average Bonchev–Trinajstić information content (AvgIpc) is 3.04. The van der Waals surface area contributed by atoms with Crippen molar-refractivity contribution in [2.24, 2.45) is 4.99 Å². The number of benzene rings is 1. The highest BCUT2D eigenvalue weighted by Crippen LogP contribution is 2.30. The second kappa shape index (κ2) is 8.75. The van der Waals surface area contributed by atoms with Crippen LogP contribution in [0.5, 0.6) is 0 Å². The Morgan fingerprint density at radius 2 is 1.91 bits per heavy atom. The first-order valence-corrected chi connectivity index (χ1v) is 8.42. The molecule has 2 aliphatic carbocycles. The van der Waals surface area contributed by atoms with Crippen molar-refractivity contribution < 1.29 is 0 Å². The molecule has 0 aromatic heterocycles. The molecule has 0 heterocycles. The number of halogens is 1. The Kier molecular flexibility index (Phi) is 6.99. The van der Waals surface area contributed by atoms with E-state index in [4.69, 9.17) is 0 Å². The maximum Gasteiger partial charge on any atom is 0.191 e. The average molecular weight is 413 g/mol. The van der Waals surface area contributed by atoms with E-state index in [1.807, 2.05) is 7.05 Å². The largest absolute Gasteiger partial charge is 0.356 e. The van der Waals surface area contributed by atoms with Gasteiger partial charge in [-0.3, -0.25) is 4.99 Å². The highest BCUT2D eigenvalue weighted by atomic mass is 127. The van der Waals surface area contributed by atoms with E-state index >= 15 is 0 Å². The molecule has 122 valence electrons. The van der Waals surface area contributed by atoms with Crippen molar-refractivity contribution in [3.63, 3.8) is 0 Å². The highest BCUT2D eigenvalue weighted by molar-refractivity contribution is 14.0. The highest BCUT2D eigenvalue weighted by Gasteiger charge is 2.21. The first-order valence-electron chi connectivity index (χ1n) is 8.42. The molecular formula is C18H28IN3. The summed E-state index contributed by atoms with van der Waals surface area (Å²) < 4.78 is 0. The molecule has 0 bridgehead atoms. The van der Waals surface area contributed by atoms with Crippen molar-refractivity contribution in [3.8, 4) is 0 Å². The number of guanidine groups is 1. The molecule has 0 amide bonds. The molecule has 1 aromatic rings. The van der Waals surface area contributed by atoms with Gasteiger partial charge < -0.3 is 10.6 Å². The Morgan fingerprint density at radius 3 is 2.68 bits per heavy atom. The van der Waals surface area contributed by atoms with Crippen molar-refractivity contribution in [1.82, 2.24) is 10.6 Å². The van der Waals surface area contributed by atoms with E-state index in [9.17, 15) is 0 Å². The zero-order valence-corrected chi connectivity index (χ0v) is 15.8. The van der Waals surface area contributed by atoms with E-state index in [-0.39, 0.29) is 24.0 Å². The molecule has 0 saturated heterocycles. The molecule has 1 atom stereocenters. The van der Waals surface area contributed by atoms with Gasteiger partial charge in [0.2, 0.25) is 0 Å². The quantitative estimate of drug-likeness (QED) is 0.449. The van der Waals surface area contributed by atoms with E-state index < -0.39 is 0 Å². The van der Waals surface area contributed by atoms with Gasteiger partial charge in [-0.15, -0.1) is 24.0 Å². The normalized spacial score (nSPS) is 21.9. The lowest BCUT2D eigenvalue weighted by Crippen LogP contribution is -2.43.